The average molecular weight is 475 g/mol. The lowest BCUT2D eigenvalue weighted by atomic mass is 9.61. The van der Waals surface area contributed by atoms with Crippen molar-refractivity contribution in [3.05, 3.63) is 71.6 Å². The first-order valence-corrected chi connectivity index (χ1v) is 13.6. The van der Waals surface area contributed by atoms with E-state index in [0.717, 1.165) is 11.0 Å². The third-order valence-corrected chi connectivity index (χ3v) is 10.2. The number of aromatic nitrogens is 2. The molecule has 184 valence electrons. The van der Waals surface area contributed by atoms with Gasteiger partial charge in [-0.2, -0.15) is 0 Å². The van der Waals surface area contributed by atoms with Gasteiger partial charge in [0.15, 0.2) is 0 Å². The van der Waals surface area contributed by atoms with Crippen molar-refractivity contribution in [1.29, 1.82) is 0 Å². The second-order valence-electron chi connectivity index (χ2n) is 14.7. The van der Waals surface area contributed by atoms with Crippen LogP contribution in [0.4, 0.5) is 0 Å². The van der Waals surface area contributed by atoms with Gasteiger partial charge in [-0.05, 0) is 27.0 Å². The van der Waals surface area contributed by atoms with E-state index in [1.807, 2.05) is 0 Å². The fraction of sp³-hybridized carbons (Fsp3) is 0.471. The van der Waals surface area contributed by atoms with Crippen molar-refractivity contribution in [2.45, 2.75) is 74.1 Å². The lowest BCUT2D eigenvalue weighted by molar-refractivity contribution is 0.101. The summed E-state index contributed by atoms with van der Waals surface area (Å²) in [5.41, 5.74) is 6.79. The van der Waals surface area contributed by atoms with E-state index < -0.39 is 0 Å². The quantitative estimate of drug-likeness (QED) is 0.187. The third-order valence-electron chi connectivity index (χ3n) is 10.2. The molecule has 4 atom stereocenters. The van der Waals surface area contributed by atoms with Gasteiger partial charge in [0.25, 0.3) is 0 Å². The summed E-state index contributed by atoms with van der Waals surface area (Å²) in [4.78, 5) is 11.3. The number of allylic oxidation sites excluding steroid dienone is 2. The van der Waals surface area contributed by atoms with E-state index in [0.29, 0.717) is 11.8 Å². The third kappa shape index (κ3) is 2.23. The maximum Gasteiger partial charge on any atom is 0.0975 e. The van der Waals surface area contributed by atoms with Crippen molar-refractivity contribution < 1.29 is 0 Å². The monoisotopic (exact) mass is 474 g/mol. The minimum absolute atomic E-state index is 0.0861. The number of benzene rings is 3. The van der Waals surface area contributed by atoms with Crippen molar-refractivity contribution in [1.82, 2.24) is 9.97 Å². The average Bonchev–Trinajstić information content (AvgIpc) is 3.19. The van der Waals surface area contributed by atoms with E-state index in [-0.39, 0.29) is 27.1 Å². The summed E-state index contributed by atoms with van der Waals surface area (Å²) in [6, 6.07) is 17.5. The molecule has 0 bridgehead atoms. The molecule has 3 aliphatic rings. The first-order valence-electron chi connectivity index (χ1n) is 13.6. The van der Waals surface area contributed by atoms with Crippen LogP contribution in [0.25, 0.3) is 32.6 Å². The van der Waals surface area contributed by atoms with Gasteiger partial charge in [0.05, 0.1) is 22.4 Å². The van der Waals surface area contributed by atoms with Crippen LogP contribution in [-0.4, -0.2) is 9.97 Å². The van der Waals surface area contributed by atoms with Crippen LogP contribution in [-0.2, 0) is 0 Å². The van der Waals surface area contributed by atoms with Crippen molar-refractivity contribution in [3.63, 3.8) is 0 Å². The van der Waals surface area contributed by atoms with Crippen molar-refractivity contribution in [2.24, 2.45) is 27.1 Å². The van der Waals surface area contributed by atoms with Gasteiger partial charge in [0.1, 0.15) is 0 Å². The highest BCUT2D eigenvalue weighted by Crippen LogP contribution is 2.97. The number of fused-ring (bicyclic) bond motifs is 10. The molecule has 3 aromatic carbocycles. The second kappa shape index (κ2) is 6.21. The number of nitrogens with zero attached hydrogens (tertiary/aromatic N) is 2. The predicted molar refractivity (Wildman–Crippen MR) is 151 cm³/mol. The van der Waals surface area contributed by atoms with Crippen LogP contribution in [0.2, 0.25) is 0 Å². The molecule has 1 saturated carbocycles. The minimum atomic E-state index is 0.0861. The molecule has 0 saturated heterocycles. The maximum atomic E-state index is 5.64. The summed E-state index contributed by atoms with van der Waals surface area (Å²) < 4.78 is 0. The van der Waals surface area contributed by atoms with Crippen molar-refractivity contribution in [3.8, 4) is 0 Å². The summed E-state index contributed by atoms with van der Waals surface area (Å²) in [5, 5.41) is 4.98. The first-order chi connectivity index (χ1) is 16.8. The molecular formula is C34H38N2. The maximum absolute atomic E-state index is 5.64. The van der Waals surface area contributed by atoms with Gasteiger partial charge >= 0.3 is 0 Å². The van der Waals surface area contributed by atoms with Crippen LogP contribution in [0.3, 0.4) is 0 Å². The van der Waals surface area contributed by atoms with Crippen LogP contribution < -0.4 is 0 Å². The Balaban J connectivity index is 1.65. The molecule has 1 fully saturated rings. The van der Waals surface area contributed by atoms with Gasteiger partial charge in [-0.3, -0.25) is 0 Å². The summed E-state index contributed by atoms with van der Waals surface area (Å²) in [7, 11) is 0. The van der Waals surface area contributed by atoms with Crippen molar-refractivity contribution >= 4 is 32.6 Å². The summed E-state index contributed by atoms with van der Waals surface area (Å²) in [6.07, 6.45) is 2.72. The smallest absolute Gasteiger partial charge is 0.0975 e. The molecule has 4 aromatic rings. The fourth-order valence-corrected chi connectivity index (χ4v) is 9.01. The van der Waals surface area contributed by atoms with E-state index in [2.05, 4.69) is 117 Å². The zero-order valence-electron chi connectivity index (χ0n) is 23.2. The van der Waals surface area contributed by atoms with Gasteiger partial charge in [-0.1, -0.05) is 122 Å². The van der Waals surface area contributed by atoms with Crippen LogP contribution in [0.15, 0.2) is 60.2 Å². The zero-order valence-corrected chi connectivity index (χ0v) is 23.2. The number of rotatable bonds is 0. The second-order valence-corrected chi connectivity index (χ2v) is 14.7. The lowest BCUT2D eigenvalue weighted by Gasteiger charge is -2.42. The van der Waals surface area contributed by atoms with Gasteiger partial charge in [0.2, 0.25) is 0 Å². The first kappa shape index (κ1) is 22.5. The Hall–Kier alpha value is -2.74. The Kier molecular flexibility index (Phi) is 3.87. The van der Waals surface area contributed by atoms with E-state index in [1.165, 1.54) is 32.9 Å². The normalized spacial score (nSPS) is 29.1. The van der Waals surface area contributed by atoms with E-state index in [4.69, 9.17) is 9.97 Å². The number of hydrogen-bond donors (Lipinski definition) is 0. The predicted octanol–water partition coefficient (Wildman–Crippen LogP) is 9.18. The minimum Gasteiger partial charge on any atom is -0.248 e. The molecule has 36 heavy (non-hydrogen) atoms. The molecule has 0 radical (unpaired) electrons. The Morgan fingerprint density at radius 1 is 0.611 bits per heavy atom. The Morgan fingerprint density at radius 3 is 1.53 bits per heavy atom. The summed E-state index contributed by atoms with van der Waals surface area (Å²) in [6.45, 7) is 21.9. The Labute approximate surface area is 215 Å². The highest BCUT2D eigenvalue weighted by Gasteiger charge is 2.91. The van der Waals surface area contributed by atoms with Gasteiger partial charge < -0.3 is 0 Å². The van der Waals surface area contributed by atoms with Gasteiger partial charge in [-0.25, -0.2) is 9.97 Å². The topological polar surface area (TPSA) is 25.8 Å². The fourth-order valence-electron chi connectivity index (χ4n) is 9.01. The molecule has 1 heterocycles. The Morgan fingerprint density at radius 2 is 1.08 bits per heavy atom. The van der Waals surface area contributed by atoms with E-state index in [1.54, 1.807) is 5.57 Å². The molecule has 2 nitrogen and oxygen atoms in total. The summed E-state index contributed by atoms with van der Waals surface area (Å²) >= 11 is 0. The lowest BCUT2D eigenvalue weighted by Crippen LogP contribution is -2.36. The van der Waals surface area contributed by atoms with Crippen LogP contribution in [0, 0.1) is 27.1 Å². The molecule has 0 N–H and O–H groups in total. The number of hydrogen-bond acceptors (Lipinski definition) is 2. The van der Waals surface area contributed by atoms with Crippen molar-refractivity contribution in [2.75, 3.05) is 0 Å². The highest BCUT2D eigenvalue weighted by molar-refractivity contribution is 6.23. The molecule has 4 unspecified atom stereocenters. The largest absolute Gasteiger partial charge is 0.248 e. The Bertz CT molecular complexity index is 1650. The zero-order chi connectivity index (χ0) is 25.6. The van der Waals surface area contributed by atoms with E-state index >= 15 is 0 Å². The van der Waals surface area contributed by atoms with Crippen LogP contribution in [0.1, 0.15) is 85.5 Å². The molecule has 3 aliphatic carbocycles. The van der Waals surface area contributed by atoms with Gasteiger partial charge in [0, 0.05) is 33.4 Å². The molecule has 1 aromatic heterocycles. The molecular weight excluding hydrogens is 436 g/mol. The SMILES string of the molecule is CC(C)(C)C1=CC2(C(C)(C)C)C3c4nc5c6ccccc6c6ccccc6c5nc4C1C32C(C)(C)C. The van der Waals surface area contributed by atoms with E-state index in [9.17, 15) is 0 Å². The molecule has 7 rings (SSSR count). The molecule has 0 amide bonds. The molecule has 0 aliphatic heterocycles. The van der Waals surface area contributed by atoms with Gasteiger partial charge in [-0.15, -0.1) is 0 Å². The standard InChI is InChI=1S/C34H38N2/c1-30(2,3)23-18-33(31(4,5)6)29-28-27(24(23)34(29,33)32(7,8)9)35-25-21-16-12-10-14-19(21)20-15-11-13-17-22(20)26(25)36-28/h10-18,24,29H,1-9H3. The molecule has 2 heteroatoms. The molecule has 0 spiro atoms. The summed E-state index contributed by atoms with van der Waals surface area (Å²) in [5.74, 6) is 0.733. The van der Waals surface area contributed by atoms with Crippen LogP contribution in [0.5, 0.6) is 0 Å². The van der Waals surface area contributed by atoms with Crippen LogP contribution >= 0.6 is 0 Å². The highest BCUT2D eigenvalue weighted by atomic mass is 15.0.